The van der Waals surface area contributed by atoms with Crippen molar-refractivity contribution in [2.24, 2.45) is 0 Å². The first kappa shape index (κ1) is 11.3. The fourth-order valence-corrected chi connectivity index (χ4v) is 3.22. The molecule has 0 bridgehead atoms. The summed E-state index contributed by atoms with van der Waals surface area (Å²) in [6, 6.07) is 4.23. The Morgan fingerprint density at radius 1 is 1.53 bits per heavy atom. The predicted octanol–water partition coefficient (Wildman–Crippen LogP) is 3.23. The first-order chi connectivity index (χ1) is 7.25. The second kappa shape index (κ2) is 5.23. The van der Waals surface area contributed by atoms with E-state index >= 15 is 0 Å². The molecule has 2 rings (SSSR count). The lowest BCUT2D eigenvalue weighted by Gasteiger charge is -2.22. The molecule has 0 saturated carbocycles. The summed E-state index contributed by atoms with van der Waals surface area (Å²) < 4.78 is 1.03. The van der Waals surface area contributed by atoms with E-state index in [1.165, 1.54) is 24.2 Å². The van der Waals surface area contributed by atoms with E-state index < -0.39 is 0 Å². The van der Waals surface area contributed by atoms with Crippen LogP contribution >= 0.6 is 27.3 Å². The molecule has 4 heteroatoms. The molecule has 1 unspecified atom stereocenters. The maximum absolute atomic E-state index is 11.9. The zero-order chi connectivity index (χ0) is 10.7. The molecular weight excluding hydrogens is 274 g/mol. The molecule has 0 aromatic carbocycles. The monoisotopic (exact) mass is 287 g/mol. The Morgan fingerprint density at radius 2 is 2.40 bits per heavy atom. The van der Waals surface area contributed by atoms with E-state index in [1.807, 2.05) is 12.1 Å². The topological polar surface area (TPSA) is 29.1 Å². The summed E-state index contributed by atoms with van der Waals surface area (Å²) in [4.78, 5) is 12.7. The van der Waals surface area contributed by atoms with Gasteiger partial charge in [0.25, 0.3) is 0 Å². The van der Waals surface area contributed by atoms with Crippen molar-refractivity contribution in [3.63, 3.8) is 0 Å². The number of Topliss-reactive ketones (excluding diaryl/α,β-unsaturated/α-hetero) is 1. The summed E-state index contributed by atoms with van der Waals surface area (Å²) in [7, 11) is 0. The molecular formula is C11H14BrNOS. The number of piperidine rings is 1. The van der Waals surface area contributed by atoms with Crippen molar-refractivity contribution in [1.29, 1.82) is 0 Å². The van der Waals surface area contributed by atoms with Crippen molar-refractivity contribution in [3.05, 3.63) is 20.8 Å². The van der Waals surface area contributed by atoms with Gasteiger partial charge in [0.05, 0.1) is 8.66 Å². The van der Waals surface area contributed by atoms with E-state index in [1.54, 1.807) is 0 Å². The summed E-state index contributed by atoms with van der Waals surface area (Å²) in [5, 5.41) is 3.40. The Kier molecular flexibility index (Phi) is 3.94. The van der Waals surface area contributed by atoms with Crippen LogP contribution in [0.15, 0.2) is 15.9 Å². The van der Waals surface area contributed by atoms with Crippen LogP contribution < -0.4 is 5.32 Å². The lowest BCUT2D eigenvalue weighted by molar-refractivity contribution is 0.0967. The van der Waals surface area contributed by atoms with Gasteiger partial charge in [0, 0.05) is 12.5 Å². The van der Waals surface area contributed by atoms with Crippen molar-refractivity contribution in [2.45, 2.75) is 31.7 Å². The van der Waals surface area contributed by atoms with Crippen molar-refractivity contribution in [2.75, 3.05) is 6.54 Å². The molecule has 1 aliphatic rings. The molecule has 1 saturated heterocycles. The van der Waals surface area contributed by atoms with Gasteiger partial charge in [-0.15, -0.1) is 11.3 Å². The summed E-state index contributed by atoms with van der Waals surface area (Å²) in [6.45, 7) is 1.06. The molecule has 0 amide bonds. The molecule has 1 atom stereocenters. The van der Waals surface area contributed by atoms with Crippen LogP contribution in [0.25, 0.3) is 0 Å². The number of thiophene rings is 1. The van der Waals surface area contributed by atoms with Crippen molar-refractivity contribution in [1.82, 2.24) is 5.32 Å². The highest BCUT2D eigenvalue weighted by atomic mass is 79.9. The number of carbonyl (C=O) groups excluding carboxylic acids is 1. The summed E-state index contributed by atoms with van der Waals surface area (Å²) in [5.74, 6) is 0.269. The smallest absolute Gasteiger partial charge is 0.174 e. The number of hydrogen-bond donors (Lipinski definition) is 1. The van der Waals surface area contributed by atoms with Gasteiger partial charge in [-0.1, -0.05) is 6.42 Å². The van der Waals surface area contributed by atoms with Gasteiger partial charge in [0.15, 0.2) is 5.78 Å². The Morgan fingerprint density at radius 3 is 3.00 bits per heavy atom. The third kappa shape index (κ3) is 3.13. The van der Waals surface area contributed by atoms with Gasteiger partial charge < -0.3 is 5.32 Å². The number of hydrogen-bond acceptors (Lipinski definition) is 3. The Bertz CT molecular complexity index is 344. The van der Waals surface area contributed by atoms with Crippen LogP contribution in [0.5, 0.6) is 0 Å². The van der Waals surface area contributed by atoms with Gasteiger partial charge in [-0.25, -0.2) is 0 Å². The summed E-state index contributed by atoms with van der Waals surface area (Å²) in [6.07, 6.45) is 4.28. The molecule has 1 aliphatic heterocycles. The molecule has 1 aromatic heterocycles. The van der Waals surface area contributed by atoms with E-state index in [0.717, 1.165) is 21.6 Å². The van der Waals surface area contributed by atoms with E-state index in [2.05, 4.69) is 21.2 Å². The van der Waals surface area contributed by atoms with Crippen LogP contribution in [-0.2, 0) is 0 Å². The van der Waals surface area contributed by atoms with Crippen LogP contribution in [0.4, 0.5) is 0 Å². The van der Waals surface area contributed by atoms with Crippen LogP contribution in [0.2, 0.25) is 0 Å². The number of carbonyl (C=O) groups is 1. The second-order valence-electron chi connectivity index (χ2n) is 3.88. The molecule has 15 heavy (non-hydrogen) atoms. The highest BCUT2D eigenvalue weighted by Crippen LogP contribution is 2.24. The van der Waals surface area contributed by atoms with Gasteiger partial charge >= 0.3 is 0 Å². The predicted molar refractivity (Wildman–Crippen MR) is 66.6 cm³/mol. The first-order valence-electron chi connectivity index (χ1n) is 5.27. The third-order valence-corrected chi connectivity index (χ3v) is 4.36. The van der Waals surface area contributed by atoms with Gasteiger partial charge in [-0.05, 0) is 47.4 Å². The minimum Gasteiger partial charge on any atom is -0.314 e. The van der Waals surface area contributed by atoms with Crippen molar-refractivity contribution in [3.8, 4) is 0 Å². The zero-order valence-corrected chi connectivity index (χ0v) is 10.9. The zero-order valence-electron chi connectivity index (χ0n) is 8.46. The second-order valence-corrected chi connectivity index (χ2v) is 6.34. The lowest BCUT2D eigenvalue weighted by atomic mass is 10.00. The molecule has 0 spiro atoms. The SMILES string of the molecule is O=C(CC1CCCCN1)c1ccc(Br)s1. The Balaban J connectivity index is 1.91. The third-order valence-electron chi connectivity index (χ3n) is 2.69. The number of rotatable bonds is 3. The van der Waals surface area contributed by atoms with Crippen LogP contribution in [-0.4, -0.2) is 18.4 Å². The number of nitrogens with one attached hydrogen (secondary N) is 1. The summed E-state index contributed by atoms with van der Waals surface area (Å²) in [5.41, 5.74) is 0. The number of ketones is 1. The molecule has 0 aliphatic carbocycles. The maximum atomic E-state index is 11.9. The summed E-state index contributed by atoms with van der Waals surface area (Å²) >= 11 is 4.90. The van der Waals surface area contributed by atoms with E-state index in [0.29, 0.717) is 12.5 Å². The van der Waals surface area contributed by atoms with Crippen LogP contribution in [0.1, 0.15) is 35.4 Å². The molecule has 1 aromatic rings. The molecule has 2 nitrogen and oxygen atoms in total. The van der Waals surface area contributed by atoms with Gasteiger partial charge in [0.2, 0.25) is 0 Å². The molecule has 82 valence electrons. The Hall–Kier alpha value is -0.190. The van der Waals surface area contributed by atoms with Crippen LogP contribution in [0.3, 0.4) is 0 Å². The van der Waals surface area contributed by atoms with Crippen molar-refractivity contribution < 1.29 is 4.79 Å². The van der Waals surface area contributed by atoms with Gasteiger partial charge in [0.1, 0.15) is 0 Å². The van der Waals surface area contributed by atoms with Crippen molar-refractivity contribution >= 4 is 33.0 Å². The maximum Gasteiger partial charge on any atom is 0.174 e. The van der Waals surface area contributed by atoms with E-state index in [-0.39, 0.29) is 5.78 Å². The van der Waals surface area contributed by atoms with E-state index in [4.69, 9.17) is 0 Å². The molecule has 1 N–H and O–H groups in total. The van der Waals surface area contributed by atoms with Crippen LogP contribution in [0, 0.1) is 0 Å². The average Bonchev–Trinajstić information content (AvgIpc) is 2.66. The highest BCUT2D eigenvalue weighted by molar-refractivity contribution is 9.11. The lowest BCUT2D eigenvalue weighted by Crippen LogP contribution is -2.35. The first-order valence-corrected chi connectivity index (χ1v) is 6.88. The average molecular weight is 288 g/mol. The largest absolute Gasteiger partial charge is 0.314 e. The fourth-order valence-electron chi connectivity index (χ4n) is 1.89. The van der Waals surface area contributed by atoms with Gasteiger partial charge in [-0.3, -0.25) is 4.79 Å². The minimum atomic E-state index is 0.269. The quantitative estimate of drug-likeness (QED) is 0.865. The normalized spacial score (nSPS) is 21.5. The standard InChI is InChI=1S/C11H14BrNOS/c12-11-5-4-10(15-11)9(14)7-8-3-1-2-6-13-8/h4-5,8,13H,1-3,6-7H2. The highest BCUT2D eigenvalue weighted by Gasteiger charge is 2.18. The number of halogens is 1. The Labute approximate surface area is 102 Å². The molecule has 0 radical (unpaired) electrons. The molecule has 1 fully saturated rings. The van der Waals surface area contributed by atoms with Gasteiger partial charge in [-0.2, -0.15) is 0 Å². The minimum absolute atomic E-state index is 0.269. The molecule has 2 heterocycles. The fraction of sp³-hybridized carbons (Fsp3) is 0.545. The van der Waals surface area contributed by atoms with E-state index in [9.17, 15) is 4.79 Å².